The van der Waals surface area contributed by atoms with Crippen molar-refractivity contribution in [2.24, 2.45) is 0 Å². The molecule has 0 spiro atoms. The average Bonchev–Trinajstić information content (AvgIpc) is 3.02. The van der Waals surface area contributed by atoms with Crippen LogP contribution in [0.3, 0.4) is 0 Å². The summed E-state index contributed by atoms with van der Waals surface area (Å²) in [6.45, 7) is 5.85. The first-order valence-electron chi connectivity index (χ1n) is 10.4. The van der Waals surface area contributed by atoms with E-state index in [9.17, 15) is 4.79 Å². The van der Waals surface area contributed by atoms with Gasteiger partial charge in [0.15, 0.2) is 5.79 Å². The summed E-state index contributed by atoms with van der Waals surface area (Å²) in [6.07, 6.45) is 1.04. The average molecular weight is 466 g/mol. The number of methoxy groups -OCH3 is 1. The minimum absolute atomic E-state index is 0.00126. The highest BCUT2D eigenvalue weighted by molar-refractivity contribution is 6.35. The summed E-state index contributed by atoms with van der Waals surface area (Å²) in [5.41, 5.74) is 3.04. The zero-order valence-electron chi connectivity index (χ0n) is 18.3. The van der Waals surface area contributed by atoms with E-state index in [2.05, 4.69) is 12.2 Å². The first-order valence-corrected chi connectivity index (χ1v) is 11.2. The molecule has 1 fully saturated rings. The number of nitrogens with one attached hydrogen (secondary N) is 1. The molecule has 2 aromatic rings. The van der Waals surface area contributed by atoms with Crippen molar-refractivity contribution in [3.8, 4) is 11.1 Å². The minimum Gasteiger partial charge on any atom is -0.375 e. The number of hydrogen-bond acceptors (Lipinski definition) is 4. The molecule has 1 aliphatic heterocycles. The van der Waals surface area contributed by atoms with Gasteiger partial charge in [-0.25, -0.2) is 0 Å². The Bertz CT molecular complexity index is 881. The number of carbonyl (C=O) groups is 1. The topological polar surface area (TPSA) is 56.8 Å². The number of hydrogen-bond donors (Lipinski definition) is 1. The van der Waals surface area contributed by atoms with Gasteiger partial charge in [-0.2, -0.15) is 0 Å². The molecule has 1 amide bonds. The van der Waals surface area contributed by atoms with Gasteiger partial charge in [-0.3, -0.25) is 4.79 Å². The molecule has 1 N–H and O–H groups in total. The van der Waals surface area contributed by atoms with Gasteiger partial charge >= 0.3 is 0 Å². The normalized spacial score (nSPS) is 21.1. The Hall–Kier alpha value is -1.63. The second-order valence-electron chi connectivity index (χ2n) is 8.21. The van der Waals surface area contributed by atoms with Gasteiger partial charge in [-0.1, -0.05) is 54.4 Å². The molecule has 0 aliphatic carbocycles. The lowest BCUT2D eigenvalue weighted by molar-refractivity contribution is -0.150. The van der Waals surface area contributed by atoms with Crippen LogP contribution in [0.15, 0.2) is 42.5 Å². The Kier molecular flexibility index (Phi) is 8.00. The van der Waals surface area contributed by atoms with Crippen molar-refractivity contribution in [3.05, 3.63) is 58.1 Å². The van der Waals surface area contributed by atoms with E-state index in [4.69, 9.17) is 37.4 Å². The van der Waals surface area contributed by atoms with Crippen molar-refractivity contribution < 1.29 is 19.0 Å². The number of rotatable bonds is 8. The van der Waals surface area contributed by atoms with Crippen LogP contribution in [0.4, 0.5) is 0 Å². The van der Waals surface area contributed by atoms with Crippen LogP contribution in [0.1, 0.15) is 32.8 Å². The Balaban J connectivity index is 1.81. The van der Waals surface area contributed by atoms with Crippen LogP contribution in [-0.4, -0.2) is 43.7 Å². The van der Waals surface area contributed by atoms with E-state index in [1.54, 1.807) is 6.07 Å². The van der Waals surface area contributed by atoms with Crippen LogP contribution >= 0.6 is 23.2 Å². The molecular weight excluding hydrogens is 437 g/mol. The molecule has 0 unspecified atom stereocenters. The lowest BCUT2D eigenvalue weighted by Gasteiger charge is -2.27. The van der Waals surface area contributed by atoms with Gasteiger partial charge in [0.05, 0.1) is 12.1 Å². The second kappa shape index (κ2) is 10.3. The molecule has 1 heterocycles. The molecule has 0 radical (unpaired) electrons. The molecule has 2 aromatic carbocycles. The molecule has 168 valence electrons. The highest BCUT2D eigenvalue weighted by atomic mass is 35.5. The van der Waals surface area contributed by atoms with E-state index in [0.717, 1.165) is 23.1 Å². The van der Waals surface area contributed by atoms with Crippen LogP contribution in [0.2, 0.25) is 10.0 Å². The summed E-state index contributed by atoms with van der Waals surface area (Å²) < 4.78 is 17.2. The molecule has 0 bridgehead atoms. The summed E-state index contributed by atoms with van der Waals surface area (Å²) in [5.74, 6) is -0.869. The molecule has 3 rings (SSSR count). The molecule has 5 nitrogen and oxygen atoms in total. The summed E-state index contributed by atoms with van der Waals surface area (Å²) in [5, 5.41) is 4.26. The van der Waals surface area contributed by atoms with Crippen LogP contribution < -0.4 is 5.32 Å². The number of ether oxygens (including phenoxy) is 3. The van der Waals surface area contributed by atoms with Crippen LogP contribution in [-0.2, 0) is 25.4 Å². The Morgan fingerprint density at radius 1 is 1.10 bits per heavy atom. The van der Waals surface area contributed by atoms with Crippen molar-refractivity contribution in [1.82, 2.24) is 5.32 Å². The third-order valence-electron chi connectivity index (χ3n) is 5.25. The van der Waals surface area contributed by atoms with E-state index in [-0.39, 0.29) is 30.8 Å². The van der Waals surface area contributed by atoms with Gasteiger partial charge in [0.25, 0.3) is 0 Å². The number of carbonyl (C=O) groups excluding carboxylic acids is 1. The van der Waals surface area contributed by atoms with Gasteiger partial charge in [0.2, 0.25) is 5.91 Å². The van der Waals surface area contributed by atoms with Gasteiger partial charge in [-0.15, -0.1) is 0 Å². The first kappa shape index (κ1) is 24.0. The van der Waals surface area contributed by atoms with Crippen molar-refractivity contribution in [2.45, 2.75) is 57.6 Å². The van der Waals surface area contributed by atoms with E-state index in [0.29, 0.717) is 16.5 Å². The number of halogens is 2. The zero-order valence-corrected chi connectivity index (χ0v) is 19.8. The van der Waals surface area contributed by atoms with Crippen molar-refractivity contribution in [3.63, 3.8) is 0 Å². The maximum Gasteiger partial charge on any atom is 0.246 e. The Morgan fingerprint density at radius 2 is 1.74 bits per heavy atom. The SMILES string of the molecule is CC[C@H]1OC(C)(C)O[C@H]1[C@@H](Cc1ccc(-c2cc(Cl)cc(Cl)c2)cc1)NC(=O)COC. The van der Waals surface area contributed by atoms with E-state index < -0.39 is 5.79 Å². The van der Waals surface area contributed by atoms with Gasteiger partial charge in [-0.05, 0) is 61.6 Å². The summed E-state index contributed by atoms with van der Waals surface area (Å²) >= 11 is 12.3. The van der Waals surface area contributed by atoms with Crippen molar-refractivity contribution >= 4 is 29.1 Å². The molecule has 7 heteroatoms. The third-order valence-corrected chi connectivity index (χ3v) is 5.68. The Morgan fingerprint density at radius 3 is 2.32 bits per heavy atom. The summed E-state index contributed by atoms with van der Waals surface area (Å²) in [4.78, 5) is 12.3. The molecular formula is C24H29Cl2NO4. The molecule has 3 atom stereocenters. The largest absolute Gasteiger partial charge is 0.375 e. The van der Waals surface area contributed by atoms with Gasteiger partial charge < -0.3 is 19.5 Å². The molecule has 0 aromatic heterocycles. The maximum atomic E-state index is 12.3. The fourth-order valence-electron chi connectivity index (χ4n) is 3.96. The second-order valence-corrected chi connectivity index (χ2v) is 9.09. The number of amides is 1. The summed E-state index contributed by atoms with van der Waals surface area (Å²) in [6, 6.07) is 13.4. The molecule has 1 saturated heterocycles. The van der Waals surface area contributed by atoms with Gasteiger partial charge in [0, 0.05) is 17.2 Å². The Labute approximate surface area is 194 Å². The third kappa shape index (κ3) is 6.43. The monoisotopic (exact) mass is 465 g/mol. The van der Waals surface area contributed by atoms with Crippen LogP contribution in [0.25, 0.3) is 11.1 Å². The van der Waals surface area contributed by atoms with E-state index in [1.165, 1.54) is 7.11 Å². The fraction of sp³-hybridized carbons (Fsp3) is 0.458. The smallest absolute Gasteiger partial charge is 0.246 e. The summed E-state index contributed by atoms with van der Waals surface area (Å²) in [7, 11) is 1.50. The minimum atomic E-state index is -0.689. The predicted molar refractivity (Wildman–Crippen MR) is 124 cm³/mol. The molecule has 31 heavy (non-hydrogen) atoms. The fourth-order valence-corrected chi connectivity index (χ4v) is 4.48. The van der Waals surface area contributed by atoms with Crippen LogP contribution in [0.5, 0.6) is 0 Å². The lowest BCUT2D eigenvalue weighted by atomic mass is 9.95. The predicted octanol–water partition coefficient (Wildman–Crippen LogP) is 5.26. The lowest BCUT2D eigenvalue weighted by Crippen LogP contribution is -2.49. The van der Waals surface area contributed by atoms with E-state index >= 15 is 0 Å². The first-order chi connectivity index (χ1) is 14.7. The molecule has 1 aliphatic rings. The zero-order chi connectivity index (χ0) is 22.6. The maximum absolute atomic E-state index is 12.3. The van der Waals surface area contributed by atoms with Crippen molar-refractivity contribution in [1.29, 1.82) is 0 Å². The number of benzene rings is 2. The van der Waals surface area contributed by atoms with Crippen LogP contribution in [0, 0.1) is 0 Å². The molecule has 0 saturated carbocycles. The quantitative estimate of drug-likeness (QED) is 0.577. The highest BCUT2D eigenvalue weighted by Gasteiger charge is 2.44. The van der Waals surface area contributed by atoms with Gasteiger partial charge in [0.1, 0.15) is 12.7 Å². The van der Waals surface area contributed by atoms with Crippen molar-refractivity contribution in [2.75, 3.05) is 13.7 Å². The highest BCUT2D eigenvalue weighted by Crippen LogP contribution is 2.33. The van der Waals surface area contributed by atoms with E-state index in [1.807, 2.05) is 50.2 Å². The standard InChI is InChI=1S/C24H29Cl2NO4/c1-5-21-23(31-24(2,3)30-21)20(27-22(28)14-29-4)10-15-6-8-16(9-7-15)17-11-18(25)13-19(26)12-17/h6-9,11-13,20-21,23H,5,10,14H2,1-4H3,(H,27,28)/t20-,21-,23+/m1/s1.